The van der Waals surface area contributed by atoms with Crippen molar-refractivity contribution >= 4 is 17.3 Å². The maximum atomic E-state index is 6.07. The number of nitrogens with zero attached hydrogens (tertiary/aromatic N) is 1. The first-order chi connectivity index (χ1) is 10.2. The van der Waals surface area contributed by atoms with Crippen LogP contribution in [0.25, 0.3) is 0 Å². The van der Waals surface area contributed by atoms with E-state index in [1.165, 1.54) is 0 Å². The van der Waals surface area contributed by atoms with Crippen LogP contribution in [0.15, 0.2) is 36.5 Å². The number of halogens is 1. The number of ether oxygens (including phenoxy) is 2. The first-order valence-electron chi connectivity index (χ1n) is 6.68. The summed E-state index contributed by atoms with van der Waals surface area (Å²) >= 11 is 6.07. The highest BCUT2D eigenvalue weighted by Crippen LogP contribution is 2.27. The molecule has 112 valence electrons. The molecule has 1 N–H and O–H groups in total. The molecule has 1 aromatic heterocycles. The summed E-state index contributed by atoms with van der Waals surface area (Å²) < 4.78 is 10.5. The molecule has 2 aromatic rings. The zero-order chi connectivity index (χ0) is 15.2. The molecule has 2 rings (SSSR count). The van der Waals surface area contributed by atoms with E-state index < -0.39 is 0 Å². The molecule has 4 nitrogen and oxygen atoms in total. The molecule has 0 aliphatic rings. The van der Waals surface area contributed by atoms with Gasteiger partial charge in [0.05, 0.1) is 19.4 Å². The van der Waals surface area contributed by atoms with Crippen LogP contribution < -0.4 is 10.1 Å². The first-order valence-corrected chi connectivity index (χ1v) is 7.06. The molecule has 0 amide bonds. The number of benzene rings is 1. The Morgan fingerprint density at radius 3 is 2.76 bits per heavy atom. The Kier molecular flexibility index (Phi) is 5.42. The third-order valence-corrected chi connectivity index (χ3v) is 3.54. The van der Waals surface area contributed by atoms with Crippen molar-refractivity contribution in [1.29, 1.82) is 0 Å². The number of hydrogen-bond acceptors (Lipinski definition) is 4. The van der Waals surface area contributed by atoms with Gasteiger partial charge in [0, 0.05) is 24.9 Å². The molecule has 0 aliphatic heterocycles. The van der Waals surface area contributed by atoms with Gasteiger partial charge in [-0.1, -0.05) is 17.7 Å². The van der Waals surface area contributed by atoms with Crippen LogP contribution in [0, 0.1) is 0 Å². The highest BCUT2D eigenvalue weighted by atomic mass is 35.5. The Morgan fingerprint density at radius 2 is 2.10 bits per heavy atom. The van der Waals surface area contributed by atoms with Crippen LogP contribution in [0.4, 0.5) is 5.69 Å². The average Bonchev–Trinajstić information content (AvgIpc) is 2.50. The molecule has 0 saturated carbocycles. The van der Waals surface area contributed by atoms with Gasteiger partial charge in [-0.3, -0.25) is 0 Å². The van der Waals surface area contributed by atoms with Crippen molar-refractivity contribution in [3.05, 3.63) is 52.8 Å². The quantitative estimate of drug-likeness (QED) is 0.817. The van der Waals surface area contributed by atoms with Crippen LogP contribution in [0.2, 0.25) is 5.15 Å². The van der Waals surface area contributed by atoms with Crippen molar-refractivity contribution in [3.63, 3.8) is 0 Å². The van der Waals surface area contributed by atoms with E-state index in [1.807, 2.05) is 24.3 Å². The topological polar surface area (TPSA) is 43.4 Å². The lowest BCUT2D eigenvalue weighted by molar-refractivity contribution is 0.181. The summed E-state index contributed by atoms with van der Waals surface area (Å²) in [5, 5.41) is 3.82. The molecule has 21 heavy (non-hydrogen) atoms. The Hall–Kier alpha value is -1.78. The summed E-state index contributed by atoms with van der Waals surface area (Å²) in [5.74, 6) is 0.826. The van der Waals surface area contributed by atoms with E-state index in [1.54, 1.807) is 20.4 Å². The Bertz CT molecular complexity index is 605. The fourth-order valence-electron chi connectivity index (χ4n) is 2.15. The SMILES string of the molecule is COCc1cc(C(C)Nc2cccnc2Cl)ccc1OC. The summed E-state index contributed by atoms with van der Waals surface area (Å²) in [5.41, 5.74) is 2.96. The summed E-state index contributed by atoms with van der Waals surface area (Å²) in [4.78, 5) is 4.06. The van der Waals surface area contributed by atoms with E-state index >= 15 is 0 Å². The van der Waals surface area contributed by atoms with Gasteiger partial charge in [0.1, 0.15) is 5.75 Å². The molecule has 0 aliphatic carbocycles. The second-order valence-corrected chi connectivity index (χ2v) is 5.07. The lowest BCUT2D eigenvalue weighted by atomic mass is 10.0. The fraction of sp³-hybridized carbons (Fsp3) is 0.312. The Balaban J connectivity index is 2.21. The number of methoxy groups -OCH3 is 2. The van der Waals surface area contributed by atoms with Crippen LogP contribution >= 0.6 is 11.6 Å². The van der Waals surface area contributed by atoms with Crippen LogP contribution in [0.5, 0.6) is 5.75 Å². The third kappa shape index (κ3) is 3.86. The number of anilines is 1. The smallest absolute Gasteiger partial charge is 0.152 e. The van der Waals surface area contributed by atoms with Crippen molar-refractivity contribution in [1.82, 2.24) is 4.98 Å². The van der Waals surface area contributed by atoms with Crippen molar-refractivity contribution in [3.8, 4) is 5.75 Å². The zero-order valence-corrected chi connectivity index (χ0v) is 13.1. The lowest BCUT2D eigenvalue weighted by Crippen LogP contribution is -2.08. The molecule has 1 unspecified atom stereocenters. The van der Waals surface area contributed by atoms with Crippen molar-refractivity contribution in [2.75, 3.05) is 19.5 Å². The van der Waals surface area contributed by atoms with Crippen LogP contribution in [0.3, 0.4) is 0 Å². The minimum Gasteiger partial charge on any atom is -0.496 e. The Labute approximate surface area is 130 Å². The lowest BCUT2D eigenvalue weighted by Gasteiger charge is -2.18. The van der Waals surface area contributed by atoms with Gasteiger partial charge in [0.2, 0.25) is 0 Å². The van der Waals surface area contributed by atoms with Gasteiger partial charge in [-0.2, -0.15) is 0 Å². The molecule has 5 heteroatoms. The van der Waals surface area contributed by atoms with E-state index in [0.717, 1.165) is 22.6 Å². The zero-order valence-electron chi connectivity index (χ0n) is 12.4. The second kappa shape index (κ2) is 7.29. The molecule has 1 heterocycles. The van der Waals surface area contributed by atoms with Crippen LogP contribution in [0.1, 0.15) is 24.1 Å². The van der Waals surface area contributed by atoms with Gasteiger partial charge in [-0.15, -0.1) is 0 Å². The third-order valence-electron chi connectivity index (χ3n) is 3.24. The molecule has 0 radical (unpaired) electrons. The van der Waals surface area contributed by atoms with E-state index in [2.05, 4.69) is 23.3 Å². The molecular formula is C16H19ClN2O2. The van der Waals surface area contributed by atoms with Gasteiger partial charge in [0.25, 0.3) is 0 Å². The standard InChI is InChI=1S/C16H19ClN2O2/c1-11(19-14-5-4-8-18-16(14)17)12-6-7-15(21-3)13(9-12)10-20-2/h4-9,11,19H,10H2,1-3H3. The molecule has 0 fully saturated rings. The first kappa shape index (κ1) is 15.6. The maximum Gasteiger partial charge on any atom is 0.152 e. The number of rotatable bonds is 6. The molecule has 0 spiro atoms. The van der Waals surface area contributed by atoms with Gasteiger partial charge in [-0.25, -0.2) is 4.98 Å². The monoisotopic (exact) mass is 306 g/mol. The summed E-state index contributed by atoms with van der Waals surface area (Å²) in [6.07, 6.45) is 1.67. The molecular weight excluding hydrogens is 288 g/mol. The maximum absolute atomic E-state index is 6.07. The largest absolute Gasteiger partial charge is 0.496 e. The van der Waals surface area contributed by atoms with E-state index in [-0.39, 0.29) is 6.04 Å². The minimum atomic E-state index is 0.0909. The predicted octanol–water partition coefficient (Wildman–Crippen LogP) is 4.06. The van der Waals surface area contributed by atoms with Crippen molar-refractivity contribution in [2.45, 2.75) is 19.6 Å². The molecule has 0 bridgehead atoms. The molecule has 1 aromatic carbocycles. The Morgan fingerprint density at radius 1 is 1.29 bits per heavy atom. The van der Waals surface area contributed by atoms with Gasteiger partial charge >= 0.3 is 0 Å². The van der Waals surface area contributed by atoms with E-state index in [0.29, 0.717) is 11.8 Å². The normalized spacial score (nSPS) is 12.0. The minimum absolute atomic E-state index is 0.0909. The average molecular weight is 307 g/mol. The van der Waals surface area contributed by atoms with Gasteiger partial charge in [0.15, 0.2) is 5.15 Å². The predicted molar refractivity (Wildman–Crippen MR) is 85.0 cm³/mol. The van der Waals surface area contributed by atoms with Crippen molar-refractivity contribution in [2.24, 2.45) is 0 Å². The van der Waals surface area contributed by atoms with Crippen LogP contribution in [-0.4, -0.2) is 19.2 Å². The van der Waals surface area contributed by atoms with Gasteiger partial charge in [-0.05, 0) is 36.8 Å². The fourth-order valence-corrected chi connectivity index (χ4v) is 2.32. The highest BCUT2D eigenvalue weighted by molar-refractivity contribution is 6.31. The summed E-state index contributed by atoms with van der Waals surface area (Å²) in [7, 11) is 3.33. The molecule has 0 saturated heterocycles. The van der Waals surface area contributed by atoms with Crippen LogP contribution in [-0.2, 0) is 11.3 Å². The molecule has 1 atom stereocenters. The summed E-state index contributed by atoms with van der Waals surface area (Å²) in [6, 6.07) is 9.90. The highest BCUT2D eigenvalue weighted by Gasteiger charge is 2.11. The number of hydrogen-bond donors (Lipinski definition) is 1. The van der Waals surface area contributed by atoms with E-state index in [9.17, 15) is 0 Å². The number of pyridine rings is 1. The number of aromatic nitrogens is 1. The number of nitrogens with one attached hydrogen (secondary N) is 1. The van der Waals surface area contributed by atoms with Crippen molar-refractivity contribution < 1.29 is 9.47 Å². The summed E-state index contributed by atoms with van der Waals surface area (Å²) in [6.45, 7) is 2.58. The van der Waals surface area contributed by atoms with Gasteiger partial charge < -0.3 is 14.8 Å². The van der Waals surface area contributed by atoms with E-state index in [4.69, 9.17) is 21.1 Å². The second-order valence-electron chi connectivity index (χ2n) is 4.71.